The molecular formula is C17H31NO3. The number of amides is 2. The second-order valence-electron chi connectivity index (χ2n) is 6.39. The monoisotopic (exact) mass is 297 g/mol. The van der Waals surface area contributed by atoms with Gasteiger partial charge in [-0.05, 0) is 31.1 Å². The summed E-state index contributed by atoms with van der Waals surface area (Å²) in [6.07, 6.45) is 5.39. The van der Waals surface area contributed by atoms with Crippen LogP contribution in [-0.2, 0) is 14.4 Å². The Labute approximate surface area is 129 Å². The lowest BCUT2D eigenvalue weighted by molar-refractivity contribution is -0.190. The predicted octanol–water partition coefficient (Wildman–Crippen LogP) is 3.95. The van der Waals surface area contributed by atoms with Gasteiger partial charge in [-0.3, -0.25) is 14.4 Å². The van der Waals surface area contributed by atoms with Crippen LogP contribution in [0.2, 0.25) is 0 Å². The first kappa shape index (κ1) is 18.1. The first-order valence-electron chi connectivity index (χ1n) is 8.47. The van der Waals surface area contributed by atoms with Crippen molar-refractivity contribution in [2.75, 3.05) is 6.61 Å². The lowest BCUT2D eigenvalue weighted by Crippen LogP contribution is -2.37. The van der Waals surface area contributed by atoms with Gasteiger partial charge in [0.25, 0.3) is 11.8 Å². The van der Waals surface area contributed by atoms with Gasteiger partial charge in [0.1, 0.15) is 0 Å². The molecule has 4 heteroatoms. The maximum Gasteiger partial charge on any atom is 0.257 e. The van der Waals surface area contributed by atoms with Crippen molar-refractivity contribution in [1.29, 1.82) is 0 Å². The maximum absolute atomic E-state index is 12.7. The minimum Gasteiger partial charge on any atom is -0.272 e. The number of rotatable bonds is 9. The van der Waals surface area contributed by atoms with Gasteiger partial charge >= 0.3 is 0 Å². The molecule has 1 heterocycles. The van der Waals surface area contributed by atoms with Crippen molar-refractivity contribution in [3.63, 3.8) is 0 Å². The summed E-state index contributed by atoms with van der Waals surface area (Å²) in [6, 6.07) is 0. The van der Waals surface area contributed by atoms with Crippen LogP contribution in [0.25, 0.3) is 0 Å². The zero-order valence-corrected chi connectivity index (χ0v) is 14.3. The quantitative estimate of drug-likeness (QED) is 0.605. The van der Waals surface area contributed by atoms with Crippen molar-refractivity contribution in [2.45, 2.75) is 73.1 Å². The van der Waals surface area contributed by atoms with Crippen molar-refractivity contribution in [1.82, 2.24) is 5.06 Å². The number of hydrogen-bond acceptors (Lipinski definition) is 3. The van der Waals surface area contributed by atoms with Crippen LogP contribution in [0, 0.1) is 17.3 Å². The van der Waals surface area contributed by atoms with Crippen LogP contribution in [-0.4, -0.2) is 23.5 Å². The largest absolute Gasteiger partial charge is 0.272 e. The molecule has 0 aliphatic carbocycles. The normalized spacial score (nSPS) is 23.2. The SMILES string of the molecule is CCCCC1C(=O)N(OCCC)C(=O)C1C(C)(CC)CC. The molecule has 0 radical (unpaired) electrons. The van der Waals surface area contributed by atoms with Gasteiger partial charge in [-0.25, -0.2) is 0 Å². The smallest absolute Gasteiger partial charge is 0.257 e. The van der Waals surface area contributed by atoms with Crippen LogP contribution >= 0.6 is 0 Å². The molecule has 1 rings (SSSR count). The number of imide groups is 1. The first-order chi connectivity index (χ1) is 9.96. The molecule has 0 aromatic carbocycles. The summed E-state index contributed by atoms with van der Waals surface area (Å²) in [6.45, 7) is 10.8. The van der Waals surface area contributed by atoms with Crippen molar-refractivity contribution < 1.29 is 14.4 Å². The van der Waals surface area contributed by atoms with Gasteiger partial charge in [0.2, 0.25) is 0 Å². The van der Waals surface area contributed by atoms with Gasteiger partial charge in [-0.15, -0.1) is 0 Å². The standard InChI is InChI=1S/C17H31NO3/c1-6-10-11-13-14(17(5,8-3)9-4)16(20)18(15(13)19)21-12-7-2/h13-14H,6-12H2,1-5H3. The Hall–Kier alpha value is -0.900. The van der Waals surface area contributed by atoms with Gasteiger partial charge in [0.15, 0.2) is 0 Å². The average molecular weight is 297 g/mol. The Morgan fingerprint density at radius 1 is 1.05 bits per heavy atom. The molecule has 1 aliphatic heterocycles. The lowest BCUT2D eigenvalue weighted by atomic mass is 9.67. The minimum absolute atomic E-state index is 0.124. The summed E-state index contributed by atoms with van der Waals surface area (Å²) >= 11 is 0. The second kappa shape index (κ2) is 7.92. The van der Waals surface area contributed by atoms with Crippen molar-refractivity contribution >= 4 is 11.8 Å². The molecule has 122 valence electrons. The Kier molecular flexibility index (Phi) is 6.85. The molecule has 0 aromatic heterocycles. The highest BCUT2D eigenvalue weighted by molar-refractivity contribution is 6.04. The fourth-order valence-electron chi connectivity index (χ4n) is 3.20. The fourth-order valence-corrected chi connectivity index (χ4v) is 3.20. The average Bonchev–Trinajstić information content (AvgIpc) is 2.73. The molecule has 0 aromatic rings. The van der Waals surface area contributed by atoms with E-state index >= 15 is 0 Å². The van der Waals surface area contributed by atoms with Crippen LogP contribution in [0.15, 0.2) is 0 Å². The molecule has 4 nitrogen and oxygen atoms in total. The van der Waals surface area contributed by atoms with Crippen LogP contribution in [0.4, 0.5) is 0 Å². The van der Waals surface area contributed by atoms with E-state index in [1.54, 1.807) is 0 Å². The lowest BCUT2D eigenvalue weighted by Gasteiger charge is -2.34. The van der Waals surface area contributed by atoms with E-state index in [1.165, 1.54) is 0 Å². The highest BCUT2D eigenvalue weighted by atomic mass is 16.7. The van der Waals surface area contributed by atoms with E-state index in [4.69, 9.17) is 4.84 Å². The maximum atomic E-state index is 12.7. The van der Waals surface area contributed by atoms with E-state index in [2.05, 4.69) is 27.7 Å². The van der Waals surface area contributed by atoms with Crippen LogP contribution < -0.4 is 0 Å². The third kappa shape index (κ3) is 3.65. The van der Waals surface area contributed by atoms with Crippen LogP contribution in [0.1, 0.15) is 73.1 Å². The van der Waals surface area contributed by atoms with Gasteiger partial charge < -0.3 is 0 Å². The zero-order chi connectivity index (χ0) is 16.0. The summed E-state index contributed by atoms with van der Waals surface area (Å²) in [7, 11) is 0. The molecule has 1 saturated heterocycles. The molecular weight excluding hydrogens is 266 g/mol. The molecule has 0 spiro atoms. The molecule has 2 amide bonds. The van der Waals surface area contributed by atoms with Crippen LogP contribution in [0.3, 0.4) is 0 Å². The van der Waals surface area contributed by atoms with E-state index in [-0.39, 0.29) is 29.1 Å². The van der Waals surface area contributed by atoms with Gasteiger partial charge in [0.05, 0.1) is 18.4 Å². The predicted molar refractivity (Wildman–Crippen MR) is 83.3 cm³/mol. The molecule has 2 atom stereocenters. The summed E-state index contributed by atoms with van der Waals surface area (Å²) in [5.41, 5.74) is -0.129. The Bertz CT molecular complexity index is 363. The number of hydroxylamine groups is 2. The van der Waals surface area contributed by atoms with E-state index in [0.29, 0.717) is 6.61 Å². The molecule has 0 saturated carbocycles. The highest BCUT2D eigenvalue weighted by Gasteiger charge is 2.54. The van der Waals surface area contributed by atoms with E-state index in [0.717, 1.165) is 43.6 Å². The summed E-state index contributed by atoms with van der Waals surface area (Å²) in [5.74, 6) is -0.691. The fraction of sp³-hybridized carbons (Fsp3) is 0.882. The molecule has 21 heavy (non-hydrogen) atoms. The minimum atomic E-state index is -0.233. The summed E-state index contributed by atoms with van der Waals surface area (Å²) in [4.78, 5) is 30.8. The molecule has 0 bridgehead atoms. The topological polar surface area (TPSA) is 46.6 Å². The van der Waals surface area contributed by atoms with Crippen LogP contribution in [0.5, 0.6) is 0 Å². The third-order valence-electron chi connectivity index (χ3n) is 5.05. The van der Waals surface area contributed by atoms with E-state index in [9.17, 15) is 9.59 Å². The van der Waals surface area contributed by atoms with E-state index in [1.807, 2.05) is 6.92 Å². The number of carbonyl (C=O) groups is 2. The molecule has 2 unspecified atom stereocenters. The Morgan fingerprint density at radius 2 is 1.67 bits per heavy atom. The van der Waals surface area contributed by atoms with Crippen molar-refractivity contribution in [2.24, 2.45) is 17.3 Å². The summed E-state index contributed by atoms with van der Waals surface area (Å²) in [5, 5.41) is 1.07. The molecule has 0 N–H and O–H groups in total. The zero-order valence-electron chi connectivity index (χ0n) is 14.3. The van der Waals surface area contributed by atoms with Crippen molar-refractivity contribution in [3.05, 3.63) is 0 Å². The van der Waals surface area contributed by atoms with Gasteiger partial charge in [-0.1, -0.05) is 47.5 Å². The number of unbranched alkanes of at least 4 members (excludes halogenated alkanes) is 1. The van der Waals surface area contributed by atoms with E-state index < -0.39 is 0 Å². The first-order valence-corrected chi connectivity index (χ1v) is 8.47. The highest BCUT2D eigenvalue weighted by Crippen LogP contribution is 2.46. The molecule has 1 aliphatic rings. The summed E-state index contributed by atoms with van der Waals surface area (Å²) < 4.78 is 0. The molecule has 1 fully saturated rings. The second-order valence-corrected chi connectivity index (χ2v) is 6.39. The third-order valence-corrected chi connectivity index (χ3v) is 5.05. The number of hydrogen-bond donors (Lipinski definition) is 0. The van der Waals surface area contributed by atoms with Crippen molar-refractivity contribution in [3.8, 4) is 0 Å². The van der Waals surface area contributed by atoms with Gasteiger partial charge in [-0.2, -0.15) is 5.06 Å². The number of carbonyl (C=O) groups excluding carboxylic acids is 2. The Balaban J connectivity index is 3.04. The Morgan fingerprint density at radius 3 is 2.14 bits per heavy atom. The van der Waals surface area contributed by atoms with Gasteiger partial charge in [0, 0.05) is 0 Å². The number of nitrogens with zero attached hydrogens (tertiary/aromatic N) is 1.